The minimum Gasteiger partial charge on any atom is -0.481 e. The van der Waals surface area contributed by atoms with Crippen LogP contribution in [-0.4, -0.2) is 23.4 Å². The van der Waals surface area contributed by atoms with E-state index in [0.717, 1.165) is 0 Å². The highest BCUT2D eigenvalue weighted by molar-refractivity contribution is 5.53. The van der Waals surface area contributed by atoms with Crippen LogP contribution in [0.1, 0.15) is 11.5 Å². The Kier molecular flexibility index (Phi) is 3.23. The van der Waals surface area contributed by atoms with Crippen molar-refractivity contribution >= 4 is 6.29 Å². The maximum absolute atomic E-state index is 12.3. The van der Waals surface area contributed by atoms with Gasteiger partial charge in [0.05, 0.1) is 12.8 Å². The molecular weight excluding hydrogens is 213 g/mol. The summed E-state index contributed by atoms with van der Waals surface area (Å²) < 4.78 is 41.3. The Morgan fingerprint density at radius 1 is 1.47 bits per heavy atom. The van der Waals surface area contributed by atoms with Crippen molar-refractivity contribution in [3.05, 3.63) is 17.6 Å². The van der Waals surface area contributed by atoms with Gasteiger partial charge in [-0.1, -0.05) is 0 Å². The van der Waals surface area contributed by atoms with Crippen LogP contribution < -0.4 is 4.74 Å². The van der Waals surface area contributed by atoms with Gasteiger partial charge in [0.2, 0.25) is 11.7 Å². The van der Waals surface area contributed by atoms with Crippen LogP contribution in [0.15, 0.2) is 6.07 Å². The minimum atomic E-state index is -4.65. The molecule has 0 bridgehead atoms. The smallest absolute Gasteiger partial charge is 0.451 e. The van der Waals surface area contributed by atoms with Gasteiger partial charge in [-0.2, -0.15) is 18.2 Å². The molecule has 0 N–H and O–H groups in total. The Balaban J connectivity index is 3.17. The van der Waals surface area contributed by atoms with Crippen LogP contribution in [0.3, 0.4) is 0 Å². The van der Waals surface area contributed by atoms with Crippen LogP contribution in [0.4, 0.5) is 13.2 Å². The highest BCUT2D eigenvalue weighted by atomic mass is 19.4. The maximum atomic E-state index is 12.3. The topological polar surface area (TPSA) is 52.1 Å². The van der Waals surface area contributed by atoms with Crippen LogP contribution in [0.2, 0.25) is 0 Å². The van der Waals surface area contributed by atoms with Crippen molar-refractivity contribution in [3.8, 4) is 5.88 Å². The molecule has 1 aromatic rings. The van der Waals surface area contributed by atoms with E-state index in [2.05, 4.69) is 14.7 Å². The quantitative estimate of drug-likeness (QED) is 0.719. The normalized spacial score (nSPS) is 11.2. The summed E-state index contributed by atoms with van der Waals surface area (Å²) in [6.45, 7) is 0. The molecule has 0 aliphatic rings. The molecular formula is C8H7F3N2O2. The van der Waals surface area contributed by atoms with Crippen molar-refractivity contribution in [2.45, 2.75) is 12.6 Å². The molecule has 1 rings (SSSR count). The standard InChI is InChI=1S/C8H7F3N2O2/c1-15-6-4-5(2-3-14)12-7(13-6)8(9,10)11/h3-4H,2H2,1H3. The van der Waals surface area contributed by atoms with Crippen LogP contribution >= 0.6 is 0 Å². The van der Waals surface area contributed by atoms with Crippen molar-refractivity contribution in [1.29, 1.82) is 0 Å². The third-order valence-corrected chi connectivity index (χ3v) is 1.51. The number of nitrogens with zero attached hydrogens (tertiary/aromatic N) is 2. The number of ether oxygens (including phenoxy) is 1. The van der Waals surface area contributed by atoms with Gasteiger partial charge in [0.25, 0.3) is 0 Å². The lowest BCUT2D eigenvalue weighted by atomic mass is 10.3. The summed E-state index contributed by atoms with van der Waals surface area (Å²) in [6.07, 6.45) is -4.39. The predicted octanol–water partition coefficient (Wildman–Crippen LogP) is 1.25. The first-order valence-electron chi connectivity index (χ1n) is 3.90. The molecule has 0 radical (unpaired) electrons. The summed E-state index contributed by atoms with van der Waals surface area (Å²) in [5.74, 6) is -1.52. The number of methoxy groups -OCH3 is 1. The summed E-state index contributed by atoms with van der Waals surface area (Å²) in [6, 6.07) is 1.18. The molecule has 0 unspecified atom stereocenters. The van der Waals surface area contributed by atoms with E-state index in [1.807, 2.05) is 0 Å². The van der Waals surface area contributed by atoms with Crippen molar-refractivity contribution in [2.75, 3.05) is 7.11 Å². The minimum absolute atomic E-state index is 0.0239. The zero-order chi connectivity index (χ0) is 11.5. The Hall–Kier alpha value is -1.66. The van der Waals surface area contributed by atoms with Crippen molar-refractivity contribution in [1.82, 2.24) is 9.97 Å². The molecule has 0 saturated carbocycles. The van der Waals surface area contributed by atoms with E-state index >= 15 is 0 Å². The summed E-state index contributed by atoms with van der Waals surface area (Å²) in [4.78, 5) is 16.5. The third kappa shape index (κ3) is 2.90. The molecule has 1 aromatic heterocycles. The Morgan fingerprint density at radius 3 is 2.60 bits per heavy atom. The molecule has 0 amide bonds. The fourth-order valence-corrected chi connectivity index (χ4v) is 0.894. The number of hydrogen-bond acceptors (Lipinski definition) is 4. The maximum Gasteiger partial charge on any atom is 0.451 e. The first-order chi connectivity index (χ1) is 6.97. The van der Waals surface area contributed by atoms with E-state index in [1.165, 1.54) is 13.2 Å². The summed E-state index contributed by atoms with van der Waals surface area (Å²) in [5.41, 5.74) is -0.0239. The van der Waals surface area contributed by atoms with Crippen LogP contribution in [0.25, 0.3) is 0 Å². The molecule has 0 aromatic carbocycles. The summed E-state index contributed by atoms with van der Waals surface area (Å²) in [7, 11) is 1.19. The number of carbonyl (C=O) groups is 1. The molecule has 0 atom stereocenters. The number of rotatable bonds is 3. The number of aromatic nitrogens is 2. The Labute approximate surface area is 83.1 Å². The van der Waals surface area contributed by atoms with Crippen molar-refractivity contribution in [2.24, 2.45) is 0 Å². The van der Waals surface area contributed by atoms with Gasteiger partial charge in [0.1, 0.15) is 6.29 Å². The van der Waals surface area contributed by atoms with Gasteiger partial charge in [-0.05, 0) is 0 Å². The average Bonchev–Trinajstić information content (AvgIpc) is 2.16. The second-order valence-electron chi connectivity index (χ2n) is 2.59. The molecule has 82 valence electrons. The lowest BCUT2D eigenvalue weighted by molar-refractivity contribution is -0.145. The fourth-order valence-electron chi connectivity index (χ4n) is 0.894. The molecule has 1 heterocycles. The fraction of sp³-hybridized carbons (Fsp3) is 0.375. The molecule has 7 heteroatoms. The number of aldehydes is 1. The van der Waals surface area contributed by atoms with E-state index < -0.39 is 12.0 Å². The lowest BCUT2D eigenvalue weighted by Crippen LogP contribution is -2.13. The molecule has 15 heavy (non-hydrogen) atoms. The molecule has 0 saturated heterocycles. The monoisotopic (exact) mass is 220 g/mol. The highest BCUT2D eigenvalue weighted by Gasteiger charge is 2.35. The molecule has 0 aliphatic carbocycles. The van der Waals surface area contributed by atoms with E-state index in [9.17, 15) is 18.0 Å². The van der Waals surface area contributed by atoms with Gasteiger partial charge in [0, 0.05) is 12.5 Å². The van der Waals surface area contributed by atoms with Gasteiger partial charge in [-0.15, -0.1) is 0 Å². The first-order valence-corrected chi connectivity index (χ1v) is 3.90. The van der Waals surface area contributed by atoms with Gasteiger partial charge >= 0.3 is 6.18 Å². The SMILES string of the molecule is COc1cc(CC=O)nc(C(F)(F)F)n1. The molecule has 0 spiro atoms. The van der Waals surface area contributed by atoms with Crippen LogP contribution in [-0.2, 0) is 17.4 Å². The first kappa shape index (κ1) is 11.4. The number of halogens is 3. The number of carbonyl (C=O) groups excluding carboxylic acids is 1. The van der Waals surface area contributed by atoms with Crippen LogP contribution in [0.5, 0.6) is 5.88 Å². The van der Waals surface area contributed by atoms with E-state index in [1.54, 1.807) is 0 Å². The molecule has 4 nitrogen and oxygen atoms in total. The van der Waals surface area contributed by atoms with E-state index in [-0.39, 0.29) is 18.0 Å². The highest BCUT2D eigenvalue weighted by Crippen LogP contribution is 2.27. The van der Waals surface area contributed by atoms with E-state index in [0.29, 0.717) is 6.29 Å². The van der Waals surface area contributed by atoms with E-state index in [4.69, 9.17) is 0 Å². The molecule has 0 fully saturated rings. The summed E-state index contributed by atoms with van der Waals surface area (Å²) in [5, 5.41) is 0. The van der Waals surface area contributed by atoms with Crippen LogP contribution in [0, 0.1) is 0 Å². The Bertz CT molecular complexity index is 365. The van der Waals surface area contributed by atoms with Gasteiger partial charge in [-0.25, -0.2) is 4.98 Å². The number of hydrogen-bond donors (Lipinski definition) is 0. The summed E-state index contributed by atoms with van der Waals surface area (Å²) >= 11 is 0. The lowest BCUT2D eigenvalue weighted by Gasteiger charge is -2.07. The van der Waals surface area contributed by atoms with Gasteiger partial charge in [-0.3, -0.25) is 0 Å². The second kappa shape index (κ2) is 4.24. The van der Waals surface area contributed by atoms with Gasteiger partial charge in [0.15, 0.2) is 0 Å². The largest absolute Gasteiger partial charge is 0.481 e. The third-order valence-electron chi connectivity index (χ3n) is 1.51. The zero-order valence-corrected chi connectivity index (χ0v) is 7.71. The predicted molar refractivity (Wildman–Crippen MR) is 43.4 cm³/mol. The average molecular weight is 220 g/mol. The van der Waals surface area contributed by atoms with Gasteiger partial charge < -0.3 is 9.53 Å². The molecule has 0 aliphatic heterocycles. The van der Waals surface area contributed by atoms with Crippen molar-refractivity contribution in [3.63, 3.8) is 0 Å². The zero-order valence-electron chi connectivity index (χ0n) is 7.71. The van der Waals surface area contributed by atoms with Crippen molar-refractivity contribution < 1.29 is 22.7 Å². The second-order valence-corrected chi connectivity index (χ2v) is 2.59. The number of alkyl halides is 3. The Morgan fingerprint density at radius 2 is 2.13 bits per heavy atom.